The number of unbranched alkanes of at least 4 members (excludes halogenated alkanes) is 7. The summed E-state index contributed by atoms with van der Waals surface area (Å²) in [6, 6.07) is 0. The van der Waals surface area contributed by atoms with Gasteiger partial charge in [0.05, 0.1) is 16.2 Å². The fourth-order valence-corrected chi connectivity index (χ4v) is 3.97. The second-order valence-electron chi connectivity index (χ2n) is 6.75. The SMILES string of the molecule is CCCCCCCCCCC(O)CCCC(CCC)S(=O)(=O)[O-].[Na+]. The van der Waals surface area contributed by atoms with Crippen LogP contribution in [0.25, 0.3) is 0 Å². The molecule has 6 heteroatoms. The van der Waals surface area contributed by atoms with E-state index in [1.165, 1.54) is 38.5 Å². The summed E-state index contributed by atoms with van der Waals surface area (Å²) < 4.78 is 33.4. The van der Waals surface area contributed by atoms with Gasteiger partial charge in [0.2, 0.25) is 0 Å². The van der Waals surface area contributed by atoms with Crippen LogP contribution in [-0.4, -0.2) is 29.4 Å². The number of rotatable bonds is 16. The summed E-state index contributed by atoms with van der Waals surface area (Å²) >= 11 is 0. The van der Waals surface area contributed by atoms with E-state index in [2.05, 4.69) is 6.92 Å². The van der Waals surface area contributed by atoms with Crippen molar-refractivity contribution in [1.82, 2.24) is 0 Å². The van der Waals surface area contributed by atoms with E-state index < -0.39 is 15.4 Å². The molecular formula is C18H37NaO4S. The Morgan fingerprint density at radius 1 is 0.750 bits per heavy atom. The molecule has 24 heavy (non-hydrogen) atoms. The molecule has 0 aromatic heterocycles. The zero-order valence-electron chi connectivity index (χ0n) is 16.1. The molecule has 0 aliphatic heterocycles. The standard InChI is InChI=1S/C18H38O4S.Na/c1-3-5-6-7-8-9-10-11-14-17(19)15-12-16-18(13-4-2)23(20,21)22;/h17-19H,3-16H2,1-2H3,(H,20,21,22);/q;+1/p-1. The quantitative estimate of drug-likeness (QED) is 0.254. The first kappa shape index (κ1) is 27.1. The van der Waals surface area contributed by atoms with Crippen molar-refractivity contribution >= 4 is 10.1 Å². The number of hydrogen-bond donors (Lipinski definition) is 1. The molecule has 2 unspecified atom stereocenters. The van der Waals surface area contributed by atoms with E-state index in [4.69, 9.17) is 0 Å². The first-order valence-electron chi connectivity index (χ1n) is 9.54. The molecule has 0 spiro atoms. The third-order valence-electron chi connectivity index (χ3n) is 4.47. The molecule has 0 radical (unpaired) electrons. The van der Waals surface area contributed by atoms with Crippen molar-refractivity contribution in [2.24, 2.45) is 0 Å². The van der Waals surface area contributed by atoms with Gasteiger partial charge in [-0.15, -0.1) is 0 Å². The van der Waals surface area contributed by atoms with Gasteiger partial charge in [0, 0.05) is 5.25 Å². The molecular weight excluding hydrogens is 335 g/mol. The second-order valence-corrected chi connectivity index (χ2v) is 8.40. The molecule has 0 aromatic rings. The second kappa shape index (κ2) is 17.3. The zero-order valence-corrected chi connectivity index (χ0v) is 19.0. The summed E-state index contributed by atoms with van der Waals surface area (Å²) in [6.07, 6.45) is 13.2. The third kappa shape index (κ3) is 16.3. The van der Waals surface area contributed by atoms with Crippen molar-refractivity contribution in [3.63, 3.8) is 0 Å². The van der Waals surface area contributed by atoms with Crippen LogP contribution in [0.15, 0.2) is 0 Å². The smallest absolute Gasteiger partial charge is 0.748 e. The normalized spacial score (nSPS) is 14.2. The van der Waals surface area contributed by atoms with Gasteiger partial charge in [-0.2, -0.15) is 0 Å². The Balaban J connectivity index is 0. The molecule has 0 bridgehead atoms. The molecule has 0 fully saturated rings. The van der Waals surface area contributed by atoms with Crippen molar-refractivity contribution in [2.45, 2.75) is 115 Å². The summed E-state index contributed by atoms with van der Waals surface area (Å²) in [4.78, 5) is 0. The molecule has 4 nitrogen and oxygen atoms in total. The molecule has 0 amide bonds. The molecule has 0 heterocycles. The van der Waals surface area contributed by atoms with Crippen LogP contribution in [0.1, 0.15) is 104 Å². The average molecular weight is 373 g/mol. The number of hydrogen-bond acceptors (Lipinski definition) is 4. The van der Waals surface area contributed by atoms with Crippen LogP contribution >= 0.6 is 0 Å². The summed E-state index contributed by atoms with van der Waals surface area (Å²) in [7, 11) is -4.19. The first-order valence-corrected chi connectivity index (χ1v) is 11.0. The first-order chi connectivity index (χ1) is 10.9. The summed E-state index contributed by atoms with van der Waals surface area (Å²) in [5.41, 5.74) is 0. The topological polar surface area (TPSA) is 77.4 Å². The van der Waals surface area contributed by atoms with Crippen molar-refractivity contribution in [2.75, 3.05) is 0 Å². The summed E-state index contributed by atoms with van der Waals surface area (Å²) in [5.74, 6) is 0. The largest absolute Gasteiger partial charge is 1.00 e. The number of aliphatic hydroxyl groups is 1. The van der Waals surface area contributed by atoms with Gasteiger partial charge in [0.25, 0.3) is 0 Å². The Morgan fingerprint density at radius 3 is 1.75 bits per heavy atom. The Hall–Kier alpha value is 0.870. The van der Waals surface area contributed by atoms with Crippen LogP contribution < -0.4 is 29.6 Å². The van der Waals surface area contributed by atoms with Gasteiger partial charge in [-0.25, -0.2) is 8.42 Å². The maximum atomic E-state index is 11.1. The minimum Gasteiger partial charge on any atom is -0.748 e. The Morgan fingerprint density at radius 2 is 1.25 bits per heavy atom. The van der Waals surface area contributed by atoms with Crippen LogP contribution in [0.5, 0.6) is 0 Å². The van der Waals surface area contributed by atoms with Crippen molar-refractivity contribution < 1.29 is 47.6 Å². The molecule has 140 valence electrons. The van der Waals surface area contributed by atoms with Gasteiger partial charge < -0.3 is 9.66 Å². The van der Waals surface area contributed by atoms with Crippen LogP contribution in [0.4, 0.5) is 0 Å². The molecule has 0 aliphatic rings. The van der Waals surface area contributed by atoms with E-state index in [0.717, 1.165) is 19.3 Å². The average Bonchev–Trinajstić information content (AvgIpc) is 2.48. The fraction of sp³-hybridized carbons (Fsp3) is 1.00. The minimum atomic E-state index is -4.19. The molecule has 0 rings (SSSR count). The predicted octanol–water partition coefficient (Wildman–Crippen LogP) is 1.77. The molecule has 0 aromatic carbocycles. The van der Waals surface area contributed by atoms with Crippen molar-refractivity contribution in [3.05, 3.63) is 0 Å². The fourth-order valence-electron chi connectivity index (χ4n) is 2.99. The summed E-state index contributed by atoms with van der Waals surface area (Å²) in [5, 5.41) is 9.16. The Labute approximate surface area is 172 Å². The van der Waals surface area contributed by atoms with Gasteiger partial charge in [-0.3, -0.25) is 0 Å². The van der Waals surface area contributed by atoms with Gasteiger partial charge >= 0.3 is 29.6 Å². The molecule has 2 atom stereocenters. The van der Waals surface area contributed by atoms with E-state index in [0.29, 0.717) is 32.1 Å². The number of aliphatic hydroxyl groups excluding tert-OH is 1. The van der Waals surface area contributed by atoms with E-state index in [1.807, 2.05) is 6.92 Å². The Kier molecular flexibility index (Phi) is 19.5. The molecule has 0 aliphatic carbocycles. The maximum Gasteiger partial charge on any atom is 1.00 e. The molecule has 0 saturated carbocycles. The van der Waals surface area contributed by atoms with Gasteiger partial charge in [-0.1, -0.05) is 71.6 Å². The van der Waals surface area contributed by atoms with Gasteiger partial charge in [0.1, 0.15) is 0 Å². The summed E-state index contributed by atoms with van der Waals surface area (Å²) in [6.45, 7) is 4.10. The Bertz CT molecular complexity index is 360. The maximum absolute atomic E-state index is 11.1. The van der Waals surface area contributed by atoms with Crippen LogP contribution in [0.3, 0.4) is 0 Å². The predicted molar refractivity (Wildman–Crippen MR) is 95.5 cm³/mol. The zero-order chi connectivity index (χ0) is 17.6. The van der Waals surface area contributed by atoms with Crippen LogP contribution in [0.2, 0.25) is 0 Å². The van der Waals surface area contributed by atoms with Crippen LogP contribution in [-0.2, 0) is 10.1 Å². The molecule has 0 saturated heterocycles. The van der Waals surface area contributed by atoms with Gasteiger partial charge in [0.15, 0.2) is 0 Å². The van der Waals surface area contributed by atoms with Crippen LogP contribution in [0, 0.1) is 0 Å². The van der Waals surface area contributed by atoms with Crippen molar-refractivity contribution in [3.8, 4) is 0 Å². The minimum absolute atomic E-state index is 0. The monoisotopic (exact) mass is 372 g/mol. The van der Waals surface area contributed by atoms with E-state index in [9.17, 15) is 18.1 Å². The van der Waals surface area contributed by atoms with Crippen molar-refractivity contribution in [1.29, 1.82) is 0 Å². The van der Waals surface area contributed by atoms with E-state index in [1.54, 1.807) is 0 Å². The van der Waals surface area contributed by atoms with Gasteiger partial charge in [-0.05, 0) is 32.1 Å². The van der Waals surface area contributed by atoms with E-state index in [-0.39, 0.29) is 35.7 Å². The third-order valence-corrected chi connectivity index (χ3v) is 5.76. The van der Waals surface area contributed by atoms with E-state index >= 15 is 0 Å². The molecule has 1 N–H and O–H groups in total.